The van der Waals surface area contributed by atoms with Crippen molar-refractivity contribution in [3.63, 3.8) is 0 Å². The lowest BCUT2D eigenvalue weighted by atomic mass is 9.96. The summed E-state index contributed by atoms with van der Waals surface area (Å²) in [5.41, 5.74) is 12.5. The molecule has 1 saturated heterocycles. The first-order valence-electron chi connectivity index (χ1n) is 8.33. The summed E-state index contributed by atoms with van der Waals surface area (Å²) in [5, 5.41) is 0. The van der Waals surface area contributed by atoms with Crippen LogP contribution in [0.25, 0.3) is 0 Å². The molecular formula is C18H26N4O2S. The van der Waals surface area contributed by atoms with Gasteiger partial charge in [-0.2, -0.15) is 0 Å². The van der Waals surface area contributed by atoms with E-state index in [1.165, 1.54) is 0 Å². The summed E-state index contributed by atoms with van der Waals surface area (Å²) in [6.07, 6.45) is 1.74. The minimum Gasteiger partial charge on any atom is -0.398 e. The van der Waals surface area contributed by atoms with Gasteiger partial charge in [0.1, 0.15) is 16.4 Å². The molecule has 7 heteroatoms. The highest BCUT2D eigenvalue weighted by molar-refractivity contribution is 7.80. The molecule has 136 valence electrons. The van der Waals surface area contributed by atoms with E-state index >= 15 is 0 Å². The van der Waals surface area contributed by atoms with E-state index in [4.69, 9.17) is 28.4 Å². The van der Waals surface area contributed by atoms with Crippen LogP contribution in [0.2, 0.25) is 0 Å². The van der Waals surface area contributed by atoms with Gasteiger partial charge in [-0.05, 0) is 38.8 Å². The largest absolute Gasteiger partial charge is 0.398 e. The molecule has 1 aliphatic rings. The molecule has 1 atom stereocenters. The maximum atomic E-state index is 12.7. The number of methoxy groups -OCH3 is 1. The Labute approximate surface area is 154 Å². The topological polar surface area (TPSA) is 93.9 Å². The van der Waals surface area contributed by atoms with Gasteiger partial charge in [0, 0.05) is 31.8 Å². The fourth-order valence-corrected chi connectivity index (χ4v) is 2.88. The molecule has 2 rings (SSSR count). The predicted molar refractivity (Wildman–Crippen MR) is 105 cm³/mol. The molecule has 0 radical (unpaired) electrons. The van der Waals surface area contributed by atoms with Gasteiger partial charge in [-0.25, -0.2) is 4.99 Å². The Morgan fingerprint density at radius 3 is 2.72 bits per heavy atom. The van der Waals surface area contributed by atoms with Crippen molar-refractivity contribution in [1.29, 1.82) is 0 Å². The number of nitrogens with zero attached hydrogens (tertiary/aromatic N) is 2. The van der Waals surface area contributed by atoms with E-state index in [9.17, 15) is 4.79 Å². The summed E-state index contributed by atoms with van der Waals surface area (Å²) < 4.78 is 5.34. The fourth-order valence-electron chi connectivity index (χ4n) is 2.70. The first-order chi connectivity index (χ1) is 11.8. The average molecular weight is 362 g/mol. The number of hydrogen-bond acceptors (Lipinski definition) is 4. The average Bonchev–Trinajstić information content (AvgIpc) is 2.61. The lowest BCUT2D eigenvalue weighted by molar-refractivity contribution is 0.0703. The summed E-state index contributed by atoms with van der Waals surface area (Å²) in [4.78, 5) is 19.3. The highest BCUT2D eigenvalue weighted by atomic mass is 32.1. The molecule has 1 fully saturated rings. The third-order valence-corrected chi connectivity index (χ3v) is 5.16. The number of aliphatic imine (C=N–C) groups is 1. The second kappa shape index (κ2) is 7.93. The molecule has 1 aliphatic heterocycles. The number of piperidine rings is 1. The van der Waals surface area contributed by atoms with Gasteiger partial charge in [-0.3, -0.25) is 4.79 Å². The number of nitrogens with two attached hydrogens (primary N) is 2. The number of carbonyl (C=O) groups excluding carboxylic acids is 1. The molecule has 0 aliphatic carbocycles. The van der Waals surface area contributed by atoms with Crippen LogP contribution in [0.15, 0.2) is 29.3 Å². The van der Waals surface area contributed by atoms with Crippen molar-refractivity contribution < 1.29 is 9.53 Å². The third kappa shape index (κ3) is 4.55. The van der Waals surface area contributed by atoms with Crippen LogP contribution in [0.3, 0.4) is 0 Å². The number of likely N-dealkylation sites (tertiary alicyclic amines) is 1. The molecule has 1 heterocycles. The van der Waals surface area contributed by atoms with Crippen LogP contribution in [-0.2, 0) is 4.74 Å². The van der Waals surface area contributed by atoms with Gasteiger partial charge in [0.15, 0.2) is 0 Å². The van der Waals surface area contributed by atoms with Gasteiger partial charge in [0.25, 0.3) is 5.91 Å². The lowest BCUT2D eigenvalue weighted by Gasteiger charge is -2.33. The number of hydrogen-bond donors (Lipinski definition) is 2. The van der Waals surface area contributed by atoms with Crippen molar-refractivity contribution in [3.8, 4) is 0 Å². The Hall–Kier alpha value is -1.99. The Morgan fingerprint density at radius 1 is 1.40 bits per heavy atom. The zero-order valence-corrected chi connectivity index (χ0v) is 15.8. The monoisotopic (exact) mass is 362 g/mol. The van der Waals surface area contributed by atoms with Gasteiger partial charge in [-0.1, -0.05) is 24.4 Å². The Kier molecular flexibility index (Phi) is 6.13. The van der Waals surface area contributed by atoms with Crippen molar-refractivity contribution in [3.05, 3.63) is 29.8 Å². The Morgan fingerprint density at radius 2 is 2.08 bits per heavy atom. The minimum atomic E-state index is -0.650. The molecule has 6 nitrogen and oxygen atoms in total. The van der Waals surface area contributed by atoms with Crippen molar-refractivity contribution >= 4 is 34.6 Å². The molecule has 0 saturated carbocycles. The standard InChI is InChI=1S/C18H26N4O2S/c1-18(2,24-3)17(25)21-15(20)12-7-6-10-22(11-12)16(23)13-8-4-5-9-14(13)19/h4-5,8-9,12H,6-7,10-11,19H2,1-3H3,(H2,20,21,25). The molecule has 1 aromatic rings. The number of thiocarbonyl (C=S) groups is 1. The summed E-state index contributed by atoms with van der Waals surface area (Å²) in [6.45, 7) is 4.89. The van der Waals surface area contributed by atoms with Gasteiger partial charge in [-0.15, -0.1) is 0 Å². The lowest BCUT2D eigenvalue weighted by Crippen LogP contribution is -2.45. The number of para-hydroxylation sites is 1. The van der Waals surface area contributed by atoms with Crippen LogP contribution in [0.1, 0.15) is 37.0 Å². The van der Waals surface area contributed by atoms with E-state index in [1.807, 2.05) is 26.0 Å². The fraction of sp³-hybridized carbons (Fsp3) is 0.500. The number of anilines is 1. The van der Waals surface area contributed by atoms with E-state index in [0.717, 1.165) is 12.8 Å². The number of nitrogen functional groups attached to an aromatic ring is 1. The molecule has 1 amide bonds. The zero-order chi connectivity index (χ0) is 18.6. The summed E-state index contributed by atoms with van der Waals surface area (Å²) in [6, 6.07) is 7.10. The number of amidine groups is 1. The number of ether oxygens (including phenoxy) is 1. The molecule has 0 spiro atoms. The van der Waals surface area contributed by atoms with Crippen LogP contribution in [0.4, 0.5) is 5.69 Å². The molecule has 0 aromatic heterocycles. The van der Waals surface area contributed by atoms with Crippen LogP contribution >= 0.6 is 12.2 Å². The van der Waals surface area contributed by atoms with E-state index in [0.29, 0.717) is 35.2 Å². The smallest absolute Gasteiger partial charge is 0.255 e. The Bertz CT molecular complexity index is 687. The molecule has 1 unspecified atom stereocenters. The molecule has 1 aromatic carbocycles. The van der Waals surface area contributed by atoms with Crippen LogP contribution in [0, 0.1) is 5.92 Å². The van der Waals surface area contributed by atoms with Gasteiger partial charge < -0.3 is 21.1 Å². The van der Waals surface area contributed by atoms with Crippen molar-refractivity contribution in [2.75, 3.05) is 25.9 Å². The van der Waals surface area contributed by atoms with Gasteiger partial charge in [0.05, 0.1) is 5.56 Å². The van der Waals surface area contributed by atoms with Crippen molar-refractivity contribution in [2.45, 2.75) is 32.3 Å². The number of amides is 1. The first-order valence-corrected chi connectivity index (χ1v) is 8.74. The van der Waals surface area contributed by atoms with E-state index < -0.39 is 5.60 Å². The summed E-state index contributed by atoms with van der Waals surface area (Å²) in [7, 11) is 1.59. The normalized spacial score (nSPS) is 18.9. The quantitative estimate of drug-likeness (QED) is 0.371. The summed E-state index contributed by atoms with van der Waals surface area (Å²) >= 11 is 5.32. The van der Waals surface area contributed by atoms with Crippen LogP contribution < -0.4 is 11.5 Å². The second-order valence-corrected chi connectivity index (χ2v) is 7.12. The predicted octanol–water partition coefficient (Wildman–Crippen LogP) is 2.23. The molecule has 4 N–H and O–H groups in total. The number of carbonyl (C=O) groups is 1. The zero-order valence-electron chi connectivity index (χ0n) is 15.0. The molecule has 25 heavy (non-hydrogen) atoms. The first kappa shape index (κ1) is 19.3. The second-order valence-electron chi connectivity index (χ2n) is 6.73. The van der Waals surface area contributed by atoms with E-state index in [-0.39, 0.29) is 11.8 Å². The van der Waals surface area contributed by atoms with E-state index in [1.54, 1.807) is 24.1 Å². The van der Waals surface area contributed by atoms with Gasteiger partial charge >= 0.3 is 0 Å². The third-order valence-electron chi connectivity index (χ3n) is 4.57. The Balaban J connectivity index is 2.11. The minimum absolute atomic E-state index is 0.0201. The van der Waals surface area contributed by atoms with Gasteiger partial charge in [0.2, 0.25) is 0 Å². The highest BCUT2D eigenvalue weighted by Gasteiger charge is 2.29. The van der Waals surface area contributed by atoms with Crippen LogP contribution in [0.5, 0.6) is 0 Å². The maximum absolute atomic E-state index is 12.7. The SMILES string of the molecule is COC(C)(C)C(=S)N=C(N)C1CCCN(C(=O)c2ccccc2N)C1. The summed E-state index contributed by atoms with van der Waals surface area (Å²) in [5.74, 6) is 0.359. The van der Waals surface area contributed by atoms with E-state index in [2.05, 4.69) is 4.99 Å². The maximum Gasteiger partial charge on any atom is 0.255 e. The number of benzene rings is 1. The van der Waals surface area contributed by atoms with Crippen molar-refractivity contribution in [2.24, 2.45) is 16.6 Å². The van der Waals surface area contributed by atoms with Crippen molar-refractivity contribution in [1.82, 2.24) is 4.90 Å². The molecule has 0 bridgehead atoms. The van der Waals surface area contributed by atoms with Crippen LogP contribution in [-0.4, -0.2) is 47.4 Å². The number of rotatable bonds is 4. The molecular weight excluding hydrogens is 336 g/mol. The highest BCUT2D eigenvalue weighted by Crippen LogP contribution is 2.22.